The van der Waals surface area contributed by atoms with E-state index in [0.717, 1.165) is 31.7 Å². The monoisotopic (exact) mass is 328 g/mol. The first-order chi connectivity index (χ1) is 10.2. The molecule has 1 aliphatic heterocycles. The Hall–Kier alpha value is -1.34. The van der Waals surface area contributed by atoms with Gasteiger partial charge in [-0.15, -0.1) is 12.4 Å². The summed E-state index contributed by atoms with van der Waals surface area (Å²) in [6.45, 7) is 3.31. The lowest BCUT2D eigenvalue weighted by molar-refractivity contribution is 0.0229. The Kier molecular flexibility index (Phi) is 8.19. The number of hydrogen-bond donors (Lipinski definition) is 3. The molecule has 0 spiro atoms. The number of carbonyl (C=O) groups excluding carboxylic acids is 1. The minimum atomic E-state index is -0.273. The zero-order valence-corrected chi connectivity index (χ0v) is 13.7. The van der Waals surface area contributed by atoms with Crippen LogP contribution in [0.15, 0.2) is 30.3 Å². The second-order valence-corrected chi connectivity index (χ2v) is 5.25. The van der Waals surface area contributed by atoms with E-state index in [1.807, 2.05) is 35.3 Å². The van der Waals surface area contributed by atoms with E-state index in [9.17, 15) is 9.90 Å². The van der Waals surface area contributed by atoms with Crippen LogP contribution in [0.2, 0.25) is 0 Å². The Morgan fingerprint density at radius 2 is 2.00 bits per heavy atom. The van der Waals surface area contributed by atoms with E-state index in [-0.39, 0.29) is 31.1 Å². The second kappa shape index (κ2) is 9.63. The highest BCUT2D eigenvalue weighted by atomic mass is 35.5. The lowest BCUT2D eigenvalue weighted by Crippen LogP contribution is -2.57. The Balaban J connectivity index is 0.00000242. The maximum Gasteiger partial charge on any atom is 0.331 e. The summed E-state index contributed by atoms with van der Waals surface area (Å²) in [6, 6.07) is 9.41. The molecule has 2 rings (SSSR count). The minimum Gasteiger partial charge on any atom is -0.394 e. The molecule has 1 atom stereocenters. The second-order valence-electron chi connectivity index (χ2n) is 5.25. The number of aliphatic hydroxyl groups excluding tert-OH is 1. The van der Waals surface area contributed by atoms with E-state index in [0.29, 0.717) is 6.42 Å². The summed E-state index contributed by atoms with van der Waals surface area (Å²) in [5.74, 6) is 0. The number of nitrogens with zero attached hydrogens (tertiary/aromatic N) is 2. The van der Waals surface area contributed by atoms with Crippen molar-refractivity contribution < 1.29 is 9.90 Å². The molecule has 22 heavy (non-hydrogen) atoms. The van der Waals surface area contributed by atoms with Gasteiger partial charge in [0, 0.05) is 33.2 Å². The van der Waals surface area contributed by atoms with Gasteiger partial charge in [-0.25, -0.2) is 9.80 Å². The van der Waals surface area contributed by atoms with Gasteiger partial charge in [-0.05, 0) is 12.0 Å². The van der Waals surface area contributed by atoms with Crippen molar-refractivity contribution in [2.45, 2.75) is 12.5 Å². The van der Waals surface area contributed by atoms with Crippen molar-refractivity contribution in [1.29, 1.82) is 0 Å². The number of rotatable bonds is 5. The number of aliphatic hydroxyl groups is 1. The van der Waals surface area contributed by atoms with Crippen molar-refractivity contribution in [1.82, 2.24) is 20.7 Å². The largest absolute Gasteiger partial charge is 0.394 e. The molecule has 3 N–H and O–H groups in total. The molecule has 1 fully saturated rings. The summed E-state index contributed by atoms with van der Waals surface area (Å²) in [5, 5.41) is 19.2. The van der Waals surface area contributed by atoms with Crippen LogP contribution in [0.4, 0.5) is 4.79 Å². The number of benzene rings is 1. The van der Waals surface area contributed by atoms with Gasteiger partial charge >= 0.3 is 6.03 Å². The van der Waals surface area contributed by atoms with Gasteiger partial charge in [-0.2, -0.15) is 0 Å². The fourth-order valence-corrected chi connectivity index (χ4v) is 2.41. The van der Waals surface area contributed by atoms with Gasteiger partial charge in [0.25, 0.3) is 0 Å². The maximum atomic E-state index is 12.2. The standard InChI is InChI=1S/C15H24N4O2.ClH/c1-18(19-9-7-16-8-10-19)15(21)17-14(12-20)11-13-5-3-2-4-6-13;/h2-6,14,16,20H,7-12H2,1H3,(H,17,21);1H/t14-;/m1./s1. The molecular weight excluding hydrogens is 304 g/mol. The summed E-state index contributed by atoms with van der Waals surface area (Å²) in [6.07, 6.45) is 0.623. The van der Waals surface area contributed by atoms with Gasteiger partial charge in [0.2, 0.25) is 0 Å². The fourth-order valence-electron chi connectivity index (χ4n) is 2.41. The molecule has 2 amide bonds. The van der Waals surface area contributed by atoms with Crippen LogP contribution in [0.5, 0.6) is 0 Å². The molecule has 1 aliphatic rings. The normalized spacial score (nSPS) is 16.5. The van der Waals surface area contributed by atoms with Crippen LogP contribution in [0.1, 0.15) is 5.56 Å². The minimum absolute atomic E-state index is 0. The summed E-state index contributed by atoms with van der Waals surface area (Å²) in [7, 11) is 1.76. The third-order valence-electron chi connectivity index (χ3n) is 3.68. The zero-order valence-electron chi connectivity index (χ0n) is 12.9. The van der Waals surface area contributed by atoms with Crippen LogP contribution in [0.25, 0.3) is 0 Å². The summed E-state index contributed by atoms with van der Waals surface area (Å²) in [5.41, 5.74) is 1.10. The molecule has 0 unspecified atom stereocenters. The number of urea groups is 1. The fraction of sp³-hybridized carbons (Fsp3) is 0.533. The quantitative estimate of drug-likeness (QED) is 0.735. The highest BCUT2D eigenvalue weighted by molar-refractivity contribution is 5.85. The molecule has 0 radical (unpaired) electrons. The number of piperazine rings is 1. The third-order valence-corrected chi connectivity index (χ3v) is 3.68. The van der Waals surface area contributed by atoms with Crippen molar-refractivity contribution in [2.24, 2.45) is 0 Å². The molecule has 1 aromatic carbocycles. The molecule has 7 heteroatoms. The van der Waals surface area contributed by atoms with Gasteiger partial charge in [0.05, 0.1) is 12.6 Å². The van der Waals surface area contributed by atoms with E-state index in [1.165, 1.54) is 0 Å². The van der Waals surface area contributed by atoms with E-state index in [2.05, 4.69) is 10.6 Å². The molecule has 0 aromatic heterocycles. The van der Waals surface area contributed by atoms with Gasteiger partial charge < -0.3 is 15.7 Å². The number of halogens is 1. The summed E-state index contributed by atoms with van der Waals surface area (Å²) < 4.78 is 0. The first-order valence-electron chi connectivity index (χ1n) is 7.35. The number of nitrogens with one attached hydrogen (secondary N) is 2. The Labute approximate surface area is 137 Å². The lowest BCUT2D eigenvalue weighted by Gasteiger charge is -2.35. The number of hydrogen-bond acceptors (Lipinski definition) is 4. The van der Waals surface area contributed by atoms with Crippen LogP contribution < -0.4 is 10.6 Å². The van der Waals surface area contributed by atoms with Gasteiger partial charge in [-0.1, -0.05) is 30.3 Å². The highest BCUT2D eigenvalue weighted by Crippen LogP contribution is 2.04. The zero-order chi connectivity index (χ0) is 15.1. The van der Waals surface area contributed by atoms with E-state index >= 15 is 0 Å². The van der Waals surface area contributed by atoms with Gasteiger partial charge in [-0.3, -0.25) is 5.01 Å². The SMILES string of the molecule is CN(C(=O)N[C@@H](CO)Cc1ccccc1)N1CCNCC1.Cl. The van der Waals surface area contributed by atoms with E-state index < -0.39 is 0 Å². The average molecular weight is 329 g/mol. The third kappa shape index (κ3) is 5.46. The Morgan fingerprint density at radius 3 is 2.59 bits per heavy atom. The Morgan fingerprint density at radius 1 is 1.36 bits per heavy atom. The molecular formula is C15H25ClN4O2. The van der Waals surface area contributed by atoms with E-state index in [1.54, 1.807) is 12.1 Å². The summed E-state index contributed by atoms with van der Waals surface area (Å²) >= 11 is 0. The van der Waals surface area contributed by atoms with Crippen LogP contribution >= 0.6 is 12.4 Å². The molecule has 0 saturated carbocycles. The summed E-state index contributed by atoms with van der Waals surface area (Å²) in [4.78, 5) is 12.2. The van der Waals surface area contributed by atoms with Crippen molar-refractivity contribution in [3.63, 3.8) is 0 Å². The van der Waals surface area contributed by atoms with Crippen molar-refractivity contribution >= 4 is 18.4 Å². The van der Waals surface area contributed by atoms with Crippen molar-refractivity contribution in [2.75, 3.05) is 39.8 Å². The van der Waals surface area contributed by atoms with Gasteiger partial charge in [0.15, 0.2) is 0 Å². The van der Waals surface area contributed by atoms with Crippen molar-refractivity contribution in [3.8, 4) is 0 Å². The highest BCUT2D eigenvalue weighted by Gasteiger charge is 2.21. The molecule has 1 heterocycles. The molecule has 1 saturated heterocycles. The molecule has 1 aromatic rings. The van der Waals surface area contributed by atoms with Crippen LogP contribution in [0.3, 0.4) is 0 Å². The first-order valence-corrected chi connectivity index (χ1v) is 7.35. The van der Waals surface area contributed by atoms with Crippen molar-refractivity contribution in [3.05, 3.63) is 35.9 Å². The Bertz CT molecular complexity index is 440. The smallest absolute Gasteiger partial charge is 0.331 e. The van der Waals surface area contributed by atoms with Crippen LogP contribution in [0, 0.1) is 0 Å². The predicted molar refractivity (Wildman–Crippen MR) is 89.0 cm³/mol. The molecule has 0 aliphatic carbocycles. The van der Waals surface area contributed by atoms with Crippen LogP contribution in [-0.2, 0) is 6.42 Å². The molecule has 6 nitrogen and oxygen atoms in total. The number of carbonyl (C=O) groups is 1. The lowest BCUT2D eigenvalue weighted by atomic mass is 10.1. The topological polar surface area (TPSA) is 67.8 Å². The number of hydrazine groups is 1. The van der Waals surface area contributed by atoms with E-state index in [4.69, 9.17) is 0 Å². The number of amides is 2. The average Bonchev–Trinajstić information content (AvgIpc) is 2.55. The van der Waals surface area contributed by atoms with Gasteiger partial charge in [0.1, 0.15) is 0 Å². The maximum absolute atomic E-state index is 12.2. The first kappa shape index (κ1) is 18.7. The predicted octanol–water partition coefficient (Wildman–Crippen LogP) is 0.473. The molecule has 124 valence electrons. The molecule has 0 bridgehead atoms. The van der Waals surface area contributed by atoms with Crippen LogP contribution in [-0.4, -0.2) is 67.0 Å².